The summed E-state index contributed by atoms with van der Waals surface area (Å²) in [6.07, 6.45) is 0.427. The van der Waals surface area contributed by atoms with Gasteiger partial charge in [-0.15, -0.1) is 0 Å². The van der Waals surface area contributed by atoms with Gasteiger partial charge in [0.1, 0.15) is 6.61 Å². The van der Waals surface area contributed by atoms with Gasteiger partial charge in [-0.25, -0.2) is 22.0 Å². The Balaban J connectivity index is 3.00. The van der Waals surface area contributed by atoms with Gasteiger partial charge in [0.15, 0.2) is 23.3 Å². The summed E-state index contributed by atoms with van der Waals surface area (Å²) in [5.74, 6) is -11.6. The molecule has 0 radical (unpaired) electrons. The highest BCUT2D eigenvalue weighted by molar-refractivity contribution is 5.71. The van der Waals surface area contributed by atoms with Gasteiger partial charge in [-0.05, 0) is 6.42 Å². The molecule has 1 aromatic rings. The topological polar surface area (TPSA) is 26.3 Å². The van der Waals surface area contributed by atoms with Gasteiger partial charge in [0.05, 0.1) is 11.5 Å². The Morgan fingerprint density at radius 3 is 1.84 bits per heavy atom. The van der Waals surface area contributed by atoms with Crippen molar-refractivity contribution in [3.05, 3.63) is 34.6 Å². The van der Waals surface area contributed by atoms with Crippen molar-refractivity contribution in [2.75, 3.05) is 0 Å². The van der Waals surface area contributed by atoms with Crippen molar-refractivity contribution in [2.24, 2.45) is 5.92 Å². The molecule has 0 spiro atoms. The van der Waals surface area contributed by atoms with E-state index in [9.17, 15) is 26.7 Å². The monoisotopic (exact) mass is 282 g/mol. The smallest absolute Gasteiger partial charge is 0.308 e. The Kier molecular flexibility index (Phi) is 4.85. The standard InChI is InChI=1S/C12H11F5O2/c1-3-5(2)12(18)19-4-6-7(13)9(15)11(17)10(16)8(6)14/h5H,3-4H2,1-2H3. The van der Waals surface area contributed by atoms with Crippen LogP contribution >= 0.6 is 0 Å². The molecule has 0 amide bonds. The van der Waals surface area contributed by atoms with E-state index in [1.165, 1.54) is 6.92 Å². The summed E-state index contributed by atoms with van der Waals surface area (Å²) < 4.78 is 69.4. The van der Waals surface area contributed by atoms with Crippen LogP contribution in [0.2, 0.25) is 0 Å². The summed E-state index contributed by atoms with van der Waals surface area (Å²) in [5.41, 5.74) is -1.16. The van der Waals surface area contributed by atoms with Gasteiger partial charge in [0.2, 0.25) is 5.82 Å². The first-order chi connectivity index (χ1) is 8.81. The fraction of sp³-hybridized carbons (Fsp3) is 0.417. The maximum Gasteiger partial charge on any atom is 0.308 e. The van der Waals surface area contributed by atoms with E-state index >= 15 is 0 Å². The van der Waals surface area contributed by atoms with E-state index in [-0.39, 0.29) is 0 Å². The molecule has 0 N–H and O–H groups in total. The van der Waals surface area contributed by atoms with E-state index in [4.69, 9.17) is 0 Å². The van der Waals surface area contributed by atoms with Crippen LogP contribution in [0.5, 0.6) is 0 Å². The number of rotatable bonds is 4. The molecule has 1 atom stereocenters. The lowest BCUT2D eigenvalue weighted by Gasteiger charge is -2.11. The number of esters is 1. The van der Waals surface area contributed by atoms with Crippen LogP contribution in [0.1, 0.15) is 25.8 Å². The fourth-order valence-corrected chi connectivity index (χ4v) is 1.23. The average molecular weight is 282 g/mol. The summed E-state index contributed by atoms with van der Waals surface area (Å²) in [4.78, 5) is 11.3. The van der Waals surface area contributed by atoms with E-state index in [2.05, 4.69) is 4.74 Å². The molecule has 2 nitrogen and oxygen atoms in total. The molecule has 7 heteroatoms. The van der Waals surface area contributed by atoms with Gasteiger partial charge in [0.25, 0.3) is 0 Å². The van der Waals surface area contributed by atoms with E-state index in [1.807, 2.05) is 0 Å². The molecule has 1 unspecified atom stereocenters. The van der Waals surface area contributed by atoms with Crippen LogP contribution in [0.3, 0.4) is 0 Å². The lowest BCUT2D eigenvalue weighted by Crippen LogP contribution is -2.16. The van der Waals surface area contributed by atoms with Crippen molar-refractivity contribution < 1.29 is 31.5 Å². The molecular formula is C12H11F5O2. The number of carbonyl (C=O) groups is 1. The van der Waals surface area contributed by atoms with Crippen LogP contribution in [0.15, 0.2) is 0 Å². The van der Waals surface area contributed by atoms with Gasteiger partial charge in [-0.2, -0.15) is 0 Å². The molecule has 1 rings (SSSR count). The molecule has 0 saturated carbocycles. The lowest BCUT2D eigenvalue weighted by molar-refractivity contribution is -0.149. The SMILES string of the molecule is CCC(C)C(=O)OCc1c(F)c(F)c(F)c(F)c1F. The molecule has 1 aromatic carbocycles. The van der Waals surface area contributed by atoms with Gasteiger partial charge in [-0.3, -0.25) is 4.79 Å². The zero-order valence-electron chi connectivity index (χ0n) is 10.2. The maximum atomic E-state index is 13.2. The van der Waals surface area contributed by atoms with Gasteiger partial charge in [-0.1, -0.05) is 13.8 Å². The number of ether oxygens (including phenoxy) is 1. The van der Waals surface area contributed by atoms with Crippen molar-refractivity contribution >= 4 is 5.97 Å². The Morgan fingerprint density at radius 2 is 1.42 bits per heavy atom. The summed E-state index contributed by atoms with van der Waals surface area (Å²) in [7, 11) is 0. The van der Waals surface area contributed by atoms with Crippen LogP contribution < -0.4 is 0 Å². The maximum absolute atomic E-state index is 13.2. The van der Waals surface area contributed by atoms with Crippen molar-refractivity contribution in [2.45, 2.75) is 26.9 Å². The zero-order chi connectivity index (χ0) is 14.7. The Bertz CT molecular complexity index is 472. The lowest BCUT2D eigenvalue weighted by atomic mass is 10.1. The average Bonchev–Trinajstić information content (AvgIpc) is 2.41. The van der Waals surface area contributed by atoms with Crippen molar-refractivity contribution in [1.82, 2.24) is 0 Å². The predicted molar refractivity (Wildman–Crippen MR) is 55.5 cm³/mol. The molecule has 0 heterocycles. The number of carbonyl (C=O) groups excluding carboxylic acids is 1. The Labute approximate surface area is 106 Å². The van der Waals surface area contributed by atoms with Crippen LogP contribution in [0.4, 0.5) is 22.0 Å². The van der Waals surface area contributed by atoms with Crippen molar-refractivity contribution in [1.29, 1.82) is 0 Å². The molecule has 0 aliphatic carbocycles. The molecule has 0 aliphatic heterocycles. The van der Waals surface area contributed by atoms with E-state index in [1.54, 1.807) is 6.92 Å². The Hall–Kier alpha value is -1.66. The molecule has 0 aliphatic rings. The van der Waals surface area contributed by atoms with Crippen LogP contribution in [0, 0.1) is 35.0 Å². The first kappa shape index (κ1) is 15.4. The highest BCUT2D eigenvalue weighted by atomic mass is 19.2. The first-order valence-corrected chi connectivity index (χ1v) is 5.48. The molecule has 0 bridgehead atoms. The molecular weight excluding hydrogens is 271 g/mol. The minimum absolute atomic E-state index is 0.427. The number of halogens is 5. The van der Waals surface area contributed by atoms with E-state index < -0.39 is 53.1 Å². The van der Waals surface area contributed by atoms with E-state index in [0.29, 0.717) is 6.42 Å². The largest absolute Gasteiger partial charge is 0.460 e. The Morgan fingerprint density at radius 1 is 1.00 bits per heavy atom. The summed E-state index contributed by atoms with van der Waals surface area (Å²) in [6.45, 7) is 2.19. The molecule has 0 fully saturated rings. The van der Waals surface area contributed by atoms with Crippen LogP contribution in [-0.4, -0.2) is 5.97 Å². The number of hydrogen-bond donors (Lipinski definition) is 0. The first-order valence-electron chi connectivity index (χ1n) is 5.48. The second-order valence-corrected chi connectivity index (χ2v) is 3.97. The molecule has 0 aromatic heterocycles. The highest BCUT2D eigenvalue weighted by Gasteiger charge is 2.26. The molecule has 0 saturated heterocycles. The predicted octanol–water partition coefficient (Wildman–Crippen LogP) is 3.47. The van der Waals surface area contributed by atoms with Gasteiger partial charge < -0.3 is 4.74 Å². The second-order valence-electron chi connectivity index (χ2n) is 3.97. The van der Waals surface area contributed by atoms with Gasteiger partial charge >= 0.3 is 5.97 Å². The number of hydrogen-bond acceptors (Lipinski definition) is 2. The summed E-state index contributed by atoms with van der Waals surface area (Å²) in [5, 5.41) is 0. The minimum atomic E-state index is -2.24. The van der Waals surface area contributed by atoms with Crippen molar-refractivity contribution in [3.8, 4) is 0 Å². The van der Waals surface area contributed by atoms with Crippen molar-refractivity contribution in [3.63, 3.8) is 0 Å². The third-order valence-electron chi connectivity index (χ3n) is 2.67. The second kappa shape index (κ2) is 5.99. The quantitative estimate of drug-likeness (QED) is 0.366. The van der Waals surface area contributed by atoms with Crippen LogP contribution in [0.25, 0.3) is 0 Å². The fourth-order valence-electron chi connectivity index (χ4n) is 1.23. The molecule has 106 valence electrons. The zero-order valence-corrected chi connectivity index (χ0v) is 10.2. The normalized spacial score (nSPS) is 12.4. The summed E-state index contributed by atoms with van der Waals surface area (Å²) in [6, 6.07) is 0. The third kappa shape index (κ3) is 3.02. The third-order valence-corrected chi connectivity index (χ3v) is 2.67. The summed E-state index contributed by atoms with van der Waals surface area (Å²) >= 11 is 0. The van der Waals surface area contributed by atoms with Gasteiger partial charge in [0, 0.05) is 0 Å². The minimum Gasteiger partial charge on any atom is -0.460 e. The number of benzene rings is 1. The molecule has 19 heavy (non-hydrogen) atoms. The highest BCUT2D eigenvalue weighted by Crippen LogP contribution is 2.23. The van der Waals surface area contributed by atoms with Crippen LogP contribution in [-0.2, 0) is 16.1 Å². The van der Waals surface area contributed by atoms with E-state index in [0.717, 1.165) is 0 Å².